The van der Waals surface area contributed by atoms with Crippen LogP contribution in [0.3, 0.4) is 0 Å². The van der Waals surface area contributed by atoms with Crippen molar-refractivity contribution < 1.29 is 19.1 Å². The van der Waals surface area contributed by atoms with E-state index in [1.54, 1.807) is 12.1 Å². The summed E-state index contributed by atoms with van der Waals surface area (Å²) in [5.41, 5.74) is 2.76. The molecule has 0 spiro atoms. The van der Waals surface area contributed by atoms with Gasteiger partial charge in [0.2, 0.25) is 0 Å². The predicted octanol–water partition coefficient (Wildman–Crippen LogP) is 7.97. The van der Waals surface area contributed by atoms with Gasteiger partial charge in [0.1, 0.15) is 23.9 Å². The maximum absolute atomic E-state index is 13.4. The number of rotatable bonds is 4. The van der Waals surface area contributed by atoms with Gasteiger partial charge in [-0.3, -0.25) is 9.59 Å². The third-order valence-electron chi connectivity index (χ3n) is 7.18. The zero-order valence-corrected chi connectivity index (χ0v) is 22.6. The molecule has 2 aromatic rings. The molecule has 0 fully saturated rings. The molecule has 6 heteroatoms. The average Bonchev–Trinajstić information content (AvgIpc) is 2.77. The largest absolute Gasteiger partial charge is 0.489 e. The van der Waals surface area contributed by atoms with Crippen molar-refractivity contribution in [3.05, 3.63) is 86.3 Å². The maximum atomic E-state index is 13.4. The third kappa shape index (κ3) is 4.86. The Labute approximate surface area is 222 Å². The van der Waals surface area contributed by atoms with Crippen LogP contribution >= 0.6 is 23.2 Å². The number of ketones is 2. The highest BCUT2D eigenvalue weighted by Crippen LogP contribution is 2.53. The lowest BCUT2D eigenvalue weighted by molar-refractivity contribution is -0.120. The van der Waals surface area contributed by atoms with Crippen molar-refractivity contribution >= 4 is 34.8 Å². The van der Waals surface area contributed by atoms with Crippen LogP contribution in [0.2, 0.25) is 10.0 Å². The summed E-state index contributed by atoms with van der Waals surface area (Å²) in [5.74, 6) is 1.87. The summed E-state index contributed by atoms with van der Waals surface area (Å²) in [6.07, 6.45) is 2.25. The minimum Gasteiger partial charge on any atom is -0.489 e. The van der Waals surface area contributed by atoms with Crippen LogP contribution in [0.1, 0.15) is 70.4 Å². The Morgan fingerprint density at radius 2 is 1.36 bits per heavy atom. The average molecular weight is 525 g/mol. The van der Waals surface area contributed by atoms with Crippen molar-refractivity contribution in [3.63, 3.8) is 0 Å². The summed E-state index contributed by atoms with van der Waals surface area (Å²) in [6, 6.07) is 13.1. The third-order valence-corrected chi connectivity index (χ3v) is 7.92. The highest BCUT2D eigenvalue weighted by atomic mass is 35.5. The van der Waals surface area contributed by atoms with E-state index in [4.69, 9.17) is 32.7 Å². The molecule has 5 rings (SSSR count). The molecule has 0 aromatic heterocycles. The number of halogens is 2. The first-order chi connectivity index (χ1) is 16.9. The molecule has 4 nitrogen and oxygen atoms in total. The lowest BCUT2D eigenvalue weighted by Crippen LogP contribution is -2.37. The lowest BCUT2D eigenvalue weighted by atomic mass is 9.65. The van der Waals surface area contributed by atoms with Gasteiger partial charge in [-0.25, -0.2) is 0 Å². The van der Waals surface area contributed by atoms with Gasteiger partial charge >= 0.3 is 0 Å². The molecule has 3 aliphatic rings. The minimum absolute atomic E-state index is 0.0652. The molecule has 36 heavy (non-hydrogen) atoms. The van der Waals surface area contributed by atoms with E-state index in [2.05, 4.69) is 27.7 Å². The normalized spacial score (nSPS) is 21.2. The van der Waals surface area contributed by atoms with Gasteiger partial charge in [-0.05, 0) is 46.2 Å². The summed E-state index contributed by atoms with van der Waals surface area (Å²) in [4.78, 5) is 26.8. The second-order valence-corrected chi connectivity index (χ2v) is 12.5. The van der Waals surface area contributed by atoms with Crippen LogP contribution in [-0.2, 0) is 20.9 Å². The standard InChI is InChI=1S/C30H30Cl2O4/c1-29(2)12-22(33)27-24(14-29)36-25-15-30(3,4)13-23(34)28(25)26(27)18-6-8-19(9-7-18)35-16-17-5-10-20(31)21(32)11-17/h5-11,26H,12-16H2,1-4H3. The van der Waals surface area contributed by atoms with Crippen LogP contribution < -0.4 is 4.74 Å². The first-order valence-electron chi connectivity index (χ1n) is 12.3. The van der Waals surface area contributed by atoms with Gasteiger partial charge in [-0.1, -0.05) is 69.1 Å². The van der Waals surface area contributed by atoms with Crippen molar-refractivity contribution in [1.82, 2.24) is 0 Å². The van der Waals surface area contributed by atoms with Gasteiger partial charge in [-0.15, -0.1) is 0 Å². The van der Waals surface area contributed by atoms with Gasteiger partial charge in [0, 0.05) is 42.7 Å². The molecule has 0 N–H and O–H groups in total. The minimum atomic E-state index is -0.403. The highest BCUT2D eigenvalue weighted by molar-refractivity contribution is 6.42. The van der Waals surface area contributed by atoms with Crippen LogP contribution in [-0.4, -0.2) is 11.6 Å². The molecular formula is C30H30Cl2O4. The molecule has 0 saturated heterocycles. The first kappa shape index (κ1) is 25.1. The van der Waals surface area contributed by atoms with Crippen LogP contribution in [0.15, 0.2) is 65.1 Å². The fourth-order valence-electron chi connectivity index (χ4n) is 5.56. The van der Waals surface area contributed by atoms with E-state index in [1.165, 1.54) is 0 Å². The summed E-state index contributed by atoms with van der Waals surface area (Å²) in [6.45, 7) is 8.71. The molecule has 188 valence electrons. The molecule has 1 heterocycles. The fourth-order valence-corrected chi connectivity index (χ4v) is 5.88. The molecule has 0 atom stereocenters. The van der Waals surface area contributed by atoms with Crippen molar-refractivity contribution in [2.24, 2.45) is 10.8 Å². The zero-order valence-electron chi connectivity index (χ0n) is 21.0. The van der Waals surface area contributed by atoms with Crippen LogP contribution in [0.4, 0.5) is 0 Å². The van der Waals surface area contributed by atoms with Crippen LogP contribution in [0, 0.1) is 10.8 Å². The Morgan fingerprint density at radius 1 is 0.806 bits per heavy atom. The van der Waals surface area contributed by atoms with Gasteiger partial charge in [0.25, 0.3) is 0 Å². The summed E-state index contributed by atoms with van der Waals surface area (Å²) >= 11 is 12.1. The van der Waals surface area contributed by atoms with Crippen molar-refractivity contribution in [3.8, 4) is 5.75 Å². The molecule has 0 bridgehead atoms. The Kier molecular flexibility index (Phi) is 6.33. The van der Waals surface area contributed by atoms with Gasteiger partial charge < -0.3 is 9.47 Å². The number of ether oxygens (including phenoxy) is 2. The number of hydrogen-bond donors (Lipinski definition) is 0. The first-order valence-corrected chi connectivity index (χ1v) is 13.1. The number of allylic oxidation sites excluding steroid dienone is 4. The number of hydrogen-bond acceptors (Lipinski definition) is 4. The summed E-state index contributed by atoms with van der Waals surface area (Å²) < 4.78 is 12.3. The van der Waals surface area contributed by atoms with Crippen LogP contribution in [0.5, 0.6) is 5.75 Å². The molecule has 0 amide bonds. The Hall–Kier alpha value is -2.56. The SMILES string of the molecule is CC1(C)CC(=O)C2=C(C1)OC1=C(C(=O)CC(C)(C)C1)C2c1ccc(OCc2ccc(Cl)c(Cl)c2)cc1. The van der Waals surface area contributed by atoms with E-state index < -0.39 is 5.92 Å². The fraction of sp³-hybridized carbons (Fsp3) is 0.400. The molecule has 0 radical (unpaired) electrons. The Bertz CT molecular complexity index is 1260. The quantitative estimate of drug-likeness (QED) is 0.406. The molecular weight excluding hydrogens is 495 g/mol. The smallest absolute Gasteiger partial charge is 0.163 e. The number of benzene rings is 2. The van der Waals surface area contributed by atoms with E-state index >= 15 is 0 Å². The second kappa shape index (κ2) is 9.08. The van der Waals surface area contributed by atoms with E-state index in [1.807, 2.05) is 30.3 Å². The van der Waals surface area contributed by atoms with E-state index in [0.29, 0.717) is 59.2 Å². The lowest BCUT2D eigenvalue weighted by Gasteiger charge is -2.42. The predicted molar refractivity (Wildman–Crippen MR) is 141 cm³/mol. The Morgan fingerprint density at radius 3 is 1.89 bits per heavy atom. The van der Waals surface area contributed by atoms with Gasteiger partial charge in [-0.2, -0.15) is 0 Å². The van der Waals surface area contributed by atoms with Crippen molar-refractivity contribution in [2.75, 3.05) is 0 Å². The van der Waals surface area contributed by atoms with E-state index in [0.717, 1.165) is 22.6 Å². The van der Waals surface area contributed by atoms with Crippen molar-refractivity contribution in [2.45, 2.75) is 65.9 Å². The zero-order chi connectivity index (χ0) is 25.8. The monoisotopic (exact) mass is 524 g/mol. The van der Waals surface area contributed by atoms with E-state index in [-0.39, 0.29) is 22.4 Å². The molecule has 2 aromatic carbocycles. The molecule has 1 aliphatic heterocycles. The Balaban J connectivity index is 1.47. The second-order valence-electron chi connectivity index (χ2n) is 11.7. The van der Waals surface area contributed by atoms with Crippen LogP contribution in [0.25, 0.3) is 0 Å². The van der Waals surface area contributed by atoms with Gasteiger partial charge in [0.15, 0.2) is 11.6 Å². The summed E-state index contributed by atoms with van der Waals surface area (Å²) in [7, 11) is 0. The molecule has 0 unspecified atom stereocenters. The topological polar surface area (TPSA) is 52.6 Å². The molecule has 2 aliphatic carbocycles. The maximum Gasteiger partial charge on any atom is 0.163 e. The molecule has 0 saturated carbocycles. The number of carbonyl (C=O) groups is 2. The number of carbonyl (C=O) groups excluding carboxylic acids is 2. The van der Waals surface area contributed by atoms with E-state index in [9.17, 15) is 9.59 Å². The van der Waals surface area contributed by atoms with Crippen molar-refractivity contribution in [1.29, 1.82) is 0 Å². The number of Topliss-reactive ketones (excluding diaryl/α,β-unsaturated/α-hetero) is 2. The highest BCUT2D eigenvalue weighted by Gasteiger charge is 2.47. The van der Waals surface area contributed by atoms with Gasteiger partial charge in [0.05, 0.1) is 10.0 Å². The summed E-state index contributed by atoms with van der Waals surface area (Å²) in [5, 5.41) is 0.992.